The Morgan fingerprint density at radius 1 is 1.26 bits per heavy atom. The number of rotatable bonds is 2. The molecular formula is C16H22F4N2O. The minimum Gasteiger partial charge on any atom is -0.348 e. The first-order valence-electron chi connectivity index (χ1n) is 7.63. The summed E-state index contributed by atoms with van der Waals surface area (Å²) in [6.45, 7) is 5.55. The second-order valence-corrected chi connectivity index (χ2v) is 5.30. The third kappa shape index (κ3) is 5.82. The van der Waals surface area contributed by atoms with Gasteiger partial charge >= 0.3 is 6.18 Å². The van der Waals surface area contributed by atoms with E-state index in [9.17, 15) is 22.4 Å². The van der Waals surface area contributed by atoms with Gasteiger partial charge in [-0.05, 0) is 44.6 Å². The maximum atomic E-state index is 13.3. The van der Waals surface area contributed by atoms with Gasteiger partial charge in [0.1, 0.15) is 5.82 Å². The molecule has 1 aromatic rings. The highest BCUT2D eigenvalue weighted by Gasteiger charge is 2.32. The van der Waals surface area contributed by atoms with Crippen LogP contribution in [-0.2, 0) is 6.18 Å². The Labute approximate surface area is 133 Å². The first kappa shape index (κ1) is 19.4. The zero-order valence-electron chi connectivity index (χ0n) is 13.5. The van der Waals surface area contributed by atoms with E-state index in [0.717, 1.165) is 25.5 Å². The van der Waals surface area contributed by atoms with Crippen LogP contribution in [0.5, 0.6) is 0 Å². The average Bonchev–Trinajstić information content (AvgIpc) is 2.48. The quantitative estimate of drug-likeness (QED) is 0.837. The minimum absolute atomic E-state index is 0.131. The Hall–Kier alpha value is -1.63. The summed E-state index contributed by atoms with van der Waals surface area (Å²) in [5, 5.41) is 2.66. The molecule has 1 aliphatic heterocycles. The molecule has 3 nitrogen and oxygen atoms in total. The predicted octanol–water partition coefficient (Wildman–Crippen LogP) is 3.69. The summed E-state index contributed by atoms with van der Waals surface area (Å²) in [6.07, 6.45) is -3.02. The van der Waals surface area contributed by atoms with Crippen LogP contribution in [0.2, 0.25) is 0 Å². The number of carbonyl (C=O) groups excluding carboxylic acids is 1. The predicted molar refractivity (Wildman–Crippen MR) is 80.7 cm³/mol. The molecule has 1 atom stereocenters. The van der Waals surface area contributed by atoms with Crippen LogP contribution in [0, 0.1) is 5.82 Å². The molecule has 0 bridgehead atoms. The van der Waals surface area contributed by atoms with Gasteiger partial charge in [-0.3, -0.25) is 4.79 Å². The SMILES string of the molecule is CC.CN1CCC[C@@H](NC(=O)c2cc(F)cc(C(F)(F)F)c2)C1. The van der Waals surface area contributed by atoms with Crippen molar-refractivity contribution in [3.05, 3.63) is 35.1 Å². The van der Waals surface area contributed by atoms with Gasteiger partial charge in [0.2, 0.25) is 0 Å². The van der Waals surface area contributed by atoms with Crippen LogP contribution in [0.3, 0.4) is 0 Å². The molecule has 1 fully saturated rings. The number of hydrogen-bond donors (Lipinski definition) is 1. The first-order chi connectivity index (χ1) is 10.8. The summed E-state index contributed by atoms with van der Waals surface area (Å²) < 4.78 is 51.1. The van der Waals surface area contributed by atoms with Gasteiger partial charge in [0, 0.05) is 18.2 Å². The highest BCUT2D eigenvalue weighted by molar-refractivity contribution is 5.94. The molecule has 7 heteroatoms. The number of benzene rings is 1. The number of carbonyl (C=O) groups is 1. The van der Waals surface area contributed by atoms with Crippen molar-refractivity contribution in [1.29, 1.82) is 0 Å². The van der Waals surface area contributed by atoms with Crippen LogP contribution >= 0.6 is 0 Å². The molecule has 130 valence electrons. The molecule has 0 aromatic heterocycles. The third-order valence-corrected chi connectivity index (χ3v) is 3.45. The molecule has 0 saturated carbocycles. The van der Waals surface area contributed by atoms with E-state index in [1.54, 1.807) is 0 Å². The molecule has 0 unspecified atom stereocenters. The number of nitrogens with zero attached hydrogens (tertiary/aromatic N) is 1. The molecule has 1 aromatic carbocycles. The fourth-order valence-corrected chi connectivity index (χ4v) is 2.44. The molecule has 0 aliphatic carbocycles. The second-order valence-electron chi connectivity index (χ2n) is 5.30. The number of nitrogens with one attached hydrogen (secondary N) is 1. The van der Waals surface area contributed by atoms with Gasteiger partial charge in [-0.1, -0.05) is 13.8 Å². The Balaban J connectivity index is 0.00000127. The van der Waals surface area contributed by atoms with E-state index >= 15 is 0 Å². The third-order valence-electron chi connectivity index (χ3n) is 3.45. The number of likely N-dealkylation sites (N-methyl/N-ethyl adjacent to an activating group) is 1. The monoisotopic (exact) mass is 334 g/mol. The largest absolute Gasteiger partial charge is 0.416 e. The van der Waals surface area contributed by atoms with Crippen LogP contribution in [0.1, 0.15) is 42.6 Å². The number of alkyl halides is 3. The van der Waals surface area contributed by atoms with E-state index in [4.69, 9.17) is 0 Å². The smallest absolute Gasteiger partial charge is 0.348 e. The standard InChI is InChI=1S/C14H16F4N2O.C2H6/c1-20-4-2-3-12(8-20)19-13(21)9-5-10(14(16,17)18)7-11(15)6-9;1-2/h5-7,12H,2-4,8H2,1H3,(H,19,21);1-2H3/t12-;/m1./s1. The summed E-state index contributed by atoms with van der Waals surface area (Å²) in [5.74, 6) is -1.75. The van der Waals surface area contributed by atoms with Gasteiger partial charge < -0.3 is 10.2 Å². The highest BCUT2D eigenvalue weighted by Crippen LogP contribution is 2.30. The fraction of sp³-hybridized carbons (Fsp3) is 0.562. The summed E-state index contributed by atoms with van der Waals surface area (Å²) in [5.41, 5.74) is -1.47. The molecule has 1 heterocycles. The highest BCUT2D eigenvalue weighted by atomic mass is 19.4. The van der Waals surface area contributed by atoms with Gasteiger partial charge in [-0.2, -0.15) is 13.2 Å². The molecule has 1 aliphatic rings. The summed E-state index contributed by atoms with van der Waals surface area (Å²) in [4.78, 5) is 14.0. The Kier molecular flexibility index (Phi) is 7.00. The Morgan fingerprint density at radius 3 is 2.48 bits per heavy atom. The maximum absolute atomic E-state index is 13.3. The molecule has 0 spiro atoms. The van der Waals surface area contributed by atoms with E-state index in [1.807, 2.05) is 25.8 Å². The van der Waals surface area contributed by atoms with Gasteiger partial charge in [-0.25, -0.2) is 4.39 Å². The number of likely N-dealkylation sites (tertiary alicyclic amines) is 1. The normalized spacial score (nSPS) is 18.8. The lowest BCUT2D eigenvalue weighted by Crippen LogP contribution is -2.46. The molecule has 1 saturated heterocycles. The topological polar surface area (TPSA) is 32.3 Å². The molecule has 1 amide bonds. The molecule has 2 rings (SSSR count). The van der Waals surface area contributed by atoms with E-state index in [2.05, 4.69) is 5.32 Å². The number of piperidine rings is 1. The zero-order chi connectivity index (χ0) is 17.6. The van der Waals surface area contributed by atoms with Crippen molar-refractivity contribution in [3.8, 4) is 0 Å². The van der Waals surface area contributed by atoms with Crippen molar-refractivity contribution < 1.29 is 22.4 Å². The zero-order valence-corrected chi connectivity index (χ0v) is 13.5. The summed E-state index contributed by atoms with van der Waals surface area (Å²) in [7, 11) is 1.91. The fourth-order valence-electron chi connectivity index (χ4n) is 2.44. The van der Waals surface area contributed by atoms with Crippen molar-refractivity contribution in [2.75, 3.05) is 20.1 Å². The van der Waals surface area contributed by atoms with Crippen LogP contribution in [0.25, 0.3) is 0 Å². The van der Waals surface area contributed by atoms with Gasteiger partial charge in [0.05, 0.1) is 5.56 Å². The molecule has 0 radical (unpaired) electrons. The van der Waals surface area contributed by atoms with Crippen molar-refractivity contribution >= 4 is 5.91 Å². The summed E-state index contributed by atoms with van der Waals surface area (Å²) in [6, 6.07) is 1.74. The van der Waals surface area contributed by atoms with Crippen molar-refractivity contribution in [2.24, 2.45) is 0 Å². The summed E-state index contributed by atoms with van der Waals surface area (Å²) >= 11 is 0. The number of hydrogen-bond acceptors (Lipinski definition) is 2. The molecular weight excluding hydrogens is 312 g/mol. The second kappa shape index (κ2) is 8.29. The van der Waals surface area contributed by atoms with E-state index in [1.165, 1.54) is 0 Å². The van der Waals surface area contributed by atoms with Gasteiger partial charge in [-0.15, -0.1) is 0 Å². The van der Waals surface area contributed by atoms with E-state index in [0.29, 0.717) is 18.7 Å². The van der Waals surface area contributed by atoms with Crippen molar-refractivity contribution in [2.45, 2.75) is 38.9 Å². The number of halogens is 4. The van der Waals surface area contributed by atoms with Crippen molar-refractivity contribution in [1.82, 2.24) is 10.2 Å². The lowest BCUT2D eigenvalue weighted by atomic mass is 10.0. The molecule has 23 heavy (non-hydrogen) atoms. The Bertz CT molecular complexity index is 531. The lowest BCUT2D eigenvalue weighted by Gasteiger charge is -2.30. The lowest BCUT2D eigenvalue weighted by molar-refractivity contribution is -0.137. The van der Waals surface area contributed by atoms with Crippen LogP contribution < -0.4 is 5.32 Å². The van der Waals surface area contributed by atoms with Crippen molar-refractivity contribution in [3.63, 3.8) is 0 Å². The van der Waals surface area contributed by atoms with Gasteiger partial charge in [0.25, 0.3) is 5.91 Å². The maximum Gasteiger partial charge on any atom is 0.416 e. The van der Waals surface area contributed by atoms with E-state index in [-0.39, 0.29) is 11.6 Å². The van der Waals surface area contributed by atoms with Crippen LogP contribution in [0.15, 0.2) is 18.2 Å². The number of amides is 1. The Morgan fingerprint density at radius 2 is 1.91 bits per heavy atom. The first-order valence-corrected chi connectivity index (χ1v) is 7.63. The minimum atomic E-state index is -4.68. The molecule has 1 N–H and O–H groups in total. The van der Waals surface area contributed by atoms with E-state index < -0.39 is 23.5 Å². The van der Waals surface area contributed by atoms with Gasteiger partial charge in [0.15, 0.2) is 0 Å². The average molecular weight is 334 g/mol. The van der Waals surface area contributed by atoms with Crippen LogP contribution in [-0.4, -0.2) is 37.0 Å². The van der Waals surface area contributed by atoms with Crippen LogP contribution in [0.4, 0.5) is 17.6 Å².